The Balaban J connectivity index is 2.61. The highest BCUT2D eigenvalue weighted by Crippen LogP contribution is 2.47. The molecular formula is C42H64Si4. The summed E-state index contributed by atoms with van der Waals surface area (Å²) in [6, 6.07) is 15.5. The zero-order valence-corrected chi connectivity index (χ0v) is 37.0. The number of allylic oxidation sites excluding steroid dienone is 4. The molecule has 0 saturated heterocycles. The number of aryl methyl sites for hydroxylation is 6. The van der Waals surface area contributed by atoms with E-state index in [2.05, 4.69) is 165 Å². The van der Waals surface area contributed by atoms with Crippen LogP contribution in [0.1, 0.15) is 61.1 Å². The van der Waals surface area contributed by atoms with Crippen molar-refractivity contribution in [2.24, 2.45) is 0 Å². The van der Waals surface area contributed by atoms with Gasteiger partial charge in [0.2, 0.25) is 0 Å². The highest BCUT2D eigenvalue weighted by Gasteiger charge is 2.56. The second-order valence-electron chi connectivity index (χ2n) is 18.1. The molecule has 0 heterocycles. The summed E-state index contributed by atoms with van der Waals surface area (Å²) in [4.78, 5) is 0. The Kier molecular flexibility index (Phi) is 9.74. The molecule has 0 fully saturated rings. The van der Waals surface area contributed by atoms with Crippen LogP contribution in [0, 0.1) is 41.5 Å². The molecule has 0 aromatic heterocycles. The van der Waals surface area contributed by atoms with E-state index in [1.165, 1.54) is 44.5 Å². The van der Waals surface area contributed by atoms with Crippen LogP contribution in [-0.4, -0.2) is 32.3 Å². The van der Waals surface area contributed by atoms with Crippen LogP contribution >= 0.6 is 0 Å². The molecule has 3 aromatic rings. The van der Waals surface area contributed by atoms with Gasteiger partial charge in [-0.15, -0.1) is 0 Å². The van der Waals surface area contributed by atoms with Gasteiger partial charge >= 0.3 is 0 Å². The number of benzene rings is 3. The van der Waals surface area contributed by atoms with Crippen LogP contribution in [0.25, 0.3) is 0 Å². The largest absolute Gasteiger partial charge is 0.159 e. The van der Waals surface area contributed by atoms with E-state index in [0.29, 0.717) is 5.54 Å². The van der Waals surface area contributed by atoms with Gasteiger partial charge in [0.1, 0.15) is 0 Å². The molecule has 0 radical (unpaired) electrons. The highest BCUT2D eigenvalue weighted by molar-refractivity contribution is 7.20. The lowest BCUT2D eigenvalue weighted by Crippen LogP contribution is -2.83. The third-order valence-corrected chi connectivity index (χ3v) is 24.0. The second kappa shape index (κ2) is 12.2. The van der Waals surface area contributed by atoms with Gasteiger partial charge in [0.25, 0.3) is 0 Å². The zero-order chi connectivity index (χ0) is 35.1. The average molecular weight is 681 g/mol. The van der Waals surface area contributed by atoms with Crippen molar-refractivity contribution < 1.29 is 0 Å². The molecule has 4 heteroatoms. The summed E-state index contributed by atoms with van der Waals surface area (Å²) in [6.45, 7) is 47.7. The fraction of sp³-hybridized carbons (Fsp3) is 0.476. The van der Waals surface area contributed by atoms with E-state index >= 15 is 0 Å². The van der Waals surface area contributed by atoms with E-state index in [9.17, 15) is 0 Å². The summed E-state index contributed by atoms with van der Waals surface area (Å²) >= 11 is 0. The van der Waals surface area contributed by atoms with E-state index in [1.807, 2.05) is 0 Å². The summed E-state index contributed by atoms with van der Waals surface area (Å²) in [5, 5.41) is 10.3. The van der Waals surface area contributed by atoms with E-state index < -0.39 is 32.3 Å². The first kappa shape index (κ1) is 36.8. The van der Waals surface area contributed by atoms with Crippen LogP contribution in [-0.2, 0) is 0 Å². The predicted molar refractivity (Wildman–Crippen MR) is 222 cm³/mol. The van der Waals surface area contributed by atoms with E-state index in [1.54, 1.807) is 42.3 Å². The second-order valence-corrected chi connectivity index (χ2v) is 36.9. The van der Waals surface area contributed by atoms with Crippen LogP contribution in [0.15, 0.2) is 58.7 Å². The Morgan fingerprint density at radius 3 is 0.826 bits per heavy atom. The van der Waals surface area contributed by atoms with Crippen molar-refractivity contribution in [3.63, 3.8) is 0 Å². The summed E-state index contributed by atoms with van der Waals surface area (Å²) in [5.74, 6) is 0. The molecule has 4 rings (SSSR count). The minimum absolute atomic E-state index is 0.386. The fourth-order valence-corrected chi connectivity index (χ4v) is 25.9. The van der Waals surface area contributed by atoms with E-state index in [-0.39, 0.29) is 0 Å². The molecule has 0 spiro atoms. The van der Waals surface area contributed by atoms with Crippen LogP contribution in [0.3, 0.4) is 0 Å². The molecule has 1 aliphatic carbocycles. The standard InChI is InChI=1S/C42H64Si4/c1-26-20-29(4)39(36(23-26)43(11,12)13)46(42-34(9)32(7)33(8)35(42)10,40-30(5)21-27(2)24-37(40)44(14,15)16)41-31(6)22-28(3)25-38(41)45(17,18)19/h20-25,42H,1-19H3. The summed E-state index contributed by atoms with van der Waals surface area (Å²) in [6.07, 6.45) is 0. The molecule has 248 valence electrons. The lowest BCUT2D eigenvalue weighted by atomic mass is 10.1. The van der Waals surface area contributed by atoms with Gasteiger partial charge in [-0.25, -0.2) is 0 Å². The molecular weight excluding hydrogens is 617 g/mol. The molecule has 0 nitrogen and oxygen atoms in total. The highest BCUT2D eigenvalue weighted by atomic mass is 28.3. The fourth-order valence-electron chi connectivity index (χ4n) is 9.05. The Labute approximate surface area is 287 Å². The van der Waals surface area contributed by atoms with Gasteiger partial charge in [0.05, 0.1) is 24.2 Å². The molecule has 0 aliphatic heterocycles. The molecule has 3 aromatic carbocycles. The van der Waals surface area contributed by atoms with Crippen LogP contribution in [0.4, 0.5) is 0 Å². The van der Waals surface area contributed by atoms with Crippen LogP contribution < -0.4 is 31.1 Å². The van der Waals surface area contributed by atoms with E-state index in [0.717, 1.165) is 0 Å². The first-order chi connectivity index (χ1) is 20.9. The van der Waals surface area contributed by atoms with Gasteiger partial charge in [-0.3, -0.25) is 0 Å². The van der Waals surface area contributed by atoms with Gasteiger partial charge in [0.15, 0.2) is 8.07 Å². The van der Waals surface area contributed by atoms with Gasteiger partial charge < -0.3 is 0 Å². The van der Waals surface area contributed by atoms with Crippen LogP contribution in [0.5, 0.6) is 0 Å². The monoisotopic (exact) mass is 680 g/mol. The maximum atomic E-state index is 2.64. The molecule has 46 heavy (non-hydrogen) atoms. The smallest absolute Gasteiger partial charge is 0.0656 e. The van der Waals surface area contributed by atoms with Crippen molar-refractivity contribution in [2.75, 3.05) is 0 Å². The Morgan fingerprint density at radius 2 is 0.609 bits per heavy atom. The molecule has 0 unspecified atom stereocenters. The lowest BCUT2D eigenvalue weighted by Gasteiger charge is -2.49. The normalized spacial score (nSPS) is 15.5. The zero-order valence-electron chi connectivity index (χ0n) is 33.0. The quantitative estimate of drug-likeness (QED) is 0.173. The minimum Gasteiger partial charge on any atom is -0.0656 e. The first-order valence-corrected chi connectivity index (χ1v) is 30.2. The van der Waals surface area contributed by atoms with Crippen molar-refractivity contribution in [2.45, 2.75) is 134 Å². The lowest BCUT2D eigenvalue weighted by molar-refractivity contribution is 1.09. The van der Waals surface area contributed by atoms with Crippen molar-refractivity contribution in [1.29, 1.82) is 0 Å². The third-order valence-electron chi connectivity index (χ3n) is 11.1. The number of hydrogen-bond acceptors (Lipinski definition) is 0. The first-order valence-electron chi connectivity index (χ1n) is 17.6. The summed E-state index contributed by atoms with van der Waals surface area (Å²) in [7, 11) is -8.29. The van der Waals surface area contributed by atoms with Gasteiger partial charge in [-0.2, -0.15) is 0 Å². The van der Waals surface area contributed by atoms with Crippen molar-refractivity contribution >= 4 is 63.4 Å². The Morgan fingerprint density at radius 1 is 0.370 bits per heavy atom. The number of hydrogen-bond donors (Lipinski definition) is 0. The minimum atomic E-state index is -2.88. The summed E-state index contributed by atoms with van der Waals surface area (Å²) in [5.41, 5.74) is 15.5. The molecule has 1 aliphatic rings. The van der Waals surface area contributed by atoms with E-state index in [4.69, 9.17) is 0 Å². The topological polar surface area (TPSA) is 0 Å². The van der Waals surface area contributed by atoms with Gasteiger partial charge in [0, 0.05) is 5.54 Å². The Hall–Kier alpha value is -1.99. The SMILES string of the molecule is CC1=C(C)C([Si](c2c(C)cc(C)cc2[Si](C)(C)C)(c2c(C)cc(C)cc2[Si](C)(C)C)c2c(C)cc(C)cc2[Si](C)(C)C)C(C)=C1C. The number of rotatable bonds is 7. The van der Waals surface area contributed by atoms with Gasteiger partial charge in [-0.05, 0) is 95.9 Å². The van der Waals surface area contributed by atoms with Crippen molar-refractivity contribution in [1.82, 2.24) is 0 Å². The maximum Gasteiger partial charge on any atom is 0.159 e. The average Bonchev–Trinajstić information content (AvgIpc) is 3.06. The molecule has 0 amide bonds. The van der Waals surface area contributed by atoms with Gasteiger partial charge in [-0.1, -0.05) is 155 Å². The predicted octanol–water partition coefficient (Wildman–Crippen LogP) is 8.70. The maximum absolute atomic E-state index is 2.88. The molecule has 0 bridgehead atoms. The molecule has 0 atom stereocenters. The third kappa shape index (κ3) is 6.06. The van der Waals surface area contributed by atoms with Crippen molar-refractivity contribution in [3.8, 4) is 0 Å². The summed E-state index contributed by atoms with van der Waals surface area (Å²) < 4.78 is 0. The Bertz CT molecular complexity index is 1590. The molecule has 0 saturated carbocycles. The van der Waals surface area contributed by atoms with Crippen molar-refractivity contribution in [3.05, 3.63) is 92.1 Å². The van der Waals surface area contributed by atoms with Crippen LogP contribution in [0.2, 0.25) is 64.5 Å². The molecule has 0 N–H and O–H groups in total.